The van der Waals surface area contributed by atoms with Gasteiger partial charge in [-0.3, -0.25) is 14.9 Å². The number of nitro groups is 1. The smallest absolute Gasteiger partial charge is 0.286 e. The van der Waals surface area contributed by atoms with E-state index in [2.05, 4.69) is 15.9 Å². The molecule has 0 fully saturated rings. The SMILES string of the molecule is O=c1c(Br)cc([N+](=O)[O-])cn1CCCCCCO. The molecule has 6 nitrogen and oxygen atoms in total. The molecule has 1 heterocycles. The lowest BCUT2D eigenvalue weighted by Crippen LogP contribution is -2.20. The fourth-order valence-corrected chi connectivity index (χ4v) is 2.06. The van der Waals surface area contributed by atoms with Gasteiger partial charge in [0, 0.05) is 19.2 Å². The quantitative estimate of drug-likeness (QED) is 0.474. The minimum absolute atomic E-state index is 0.100. The summed E-state index contributed by atoms with van der Waals surface area (Å²) < 4.78 is 1.55. The number of aliphatic hydroxyl groups is 1. The third-order valence-corrected chi connectivity index (χ3v) is 3.11. The second kappa shape index (κ2) is 7.27. The van der Waals surface area contributed by atoms with Gasteiger partial charge in [0.25, 0.3) is 11.2 Å². The molecule has 0 aliphatic rings. The lowest BCUT2D eigenvalue weighted by molar-refractivity contribution is -0.385. The number of aromatic nitrogens is 1. The molecular formula is C11H15BrN2O4. The summed E-state index contributed by atoms with van der Waals surface area (Å²) in [5.74, 6) is 0. The Kier molecular flexibility index (Phi) is 6.00. The molecule has 0 amide bonds. The zero-order chi connectivity index (χ0) is 13.5. The van der Waals surface area contributed by atoms with Crippen molar-refractivity contribution in [3.05, 3.63) is 37.2 Å². The van der Waals surface area contributed by atoms with Crippen LogP contribution in [0, 0.1) is 10.1 Å². The van der Waals surface area contributed by atoms with Crippen molar-refractivity contribution in [3.63, 3.8) is 0 Å². The van der Waals surface area contributed by atoms with E-state index in [-0.39, 0.29) is 22.3 Å². The van der Waals surface area contributed by atoms with Crippen molar-refractivity contribution < 1.29 is 10.0 Å². The minimum atomic E-state index is -0.521. The lowest BCUT2D eigenvalue weighted by atomic mass is 10.2. The van der Waals surface area contributed by atoms with E-state index in [1.54, 1.807) is 0 Å². The van der Waals surface area contributed by atoms with E-state index in [9.17, 15) is 14.9 Å². The van der Waals surface area contributed by atoms with E-state index in [1.165, 1.54) is 16.8 Å². The van der Waals surface area contributed by atoms with E-state index in [0.29, 0.717) is 6.54 Å². The summed E-state index contributed by atoms with van der Waals surface area (Å²) in [5, 5.41) is 19.3. The first-order valence-corrected chi connectivity index (χ1v) is 6.51. The second-order valence-electron chi connectivity index (χ2n) is 3.94. The molecule has 0 aliphatic carbocycles. The van der Waals surface area contributed by atoms with Gasteiger partial charge in [-0.25, -0.2) is 0 Å². The highest BCUT2D eigenvalue weighted by Crippen LogP contribution is 2.14. The number of unbranched alkanes of at least 4 members (excludes halogenated alkanes) is 3. The zero-order valence-corrected chi connectivity index (χ0v) is 11.4. The normalized spacial score (nSPS) is 10.6. The molecule has 1 aromatic rings. The van der Waals surface area contributed by atoms with Crippen LogP contribution in [0.25, 0.3) is 0 Å². The highest BCUT2D eigenvalue weighted by Gasteiger charge is 2.11. The van der Waals surface area contributed by atoms with Crippen molar-refractivity contribution in [1.82, 2.24) is 4.57 Å². The number of pyridine rings is 1. The van der Waals surface area contributed by atoms with Crippen LogP contribution in [0.5, 0.6) is 0 Å². The summed E-state index contributed by atoms with van der Waals surface area (Å²) in [7, 11) is 0. The highest BCUT2D eigenvalue weighted by molar-refractivity contribution is 9.10. The van der Waals surface area contributed by atoms with Crippen LogP contribution in [0.2, 0.25) is 0 Å². The predicted molar refractivity (Wildman–Crippen MR) is 70.6 cm³/mol. The van der Waals surface area contributed by atoms with Crippen molar-refractivity contribution >= 4 is 21.6 Å². The Morgan fingerprint density at radius 3 is 2.61 bits per heavy atom. The van der Waals surface area contributed by atoms with Gasteiger partial charge in [0.1, 0.15) is 0 Å². The molecule has 0 radical (unpaired) electrons. The molecule has 100 valence electrons. The molecular weight excluding hydrogens is 304 g/mol. The summed E-state index contributed by atoms with van der Waals surface area (Å²) in [4.78, 5) is 21.9. The molecule has 7 heteroatoms. The van der Waals surface area contributed by atoms with E-state index in [4.69, 9.17) is 5.11 Å². The maximum absolute atomic E-state index is 11.7. The average Bonchev–Trinajstić information content (AvgIpc) is 2.33. The number of nitrogens with zero attached hydrogens (tertiary/aromatic N) is 2. The van der Waals surface area contributed by atoms with Crippen LogP contribution in [0.4, 0.5) is 5.69 Å². The fraction of sp³-hybridized carbons (Fsp3) is 0.545. The number of aryl methyl sites for hydroxylation is 1. The van der Waals surface area contributed by atoms with Crippen LogP contribution >= 0.6 is 15.9 Å². The molecule has 1 aromatic heterocycles. The topological polar surface area (TPSA) is 85.4 Å². The Bertz CT molecular complexity index is 473. The van der Waals surface area contributed by atoms with E-state index < -0.39 is 4.92 Å². The van der Waals surface area contributed by atoms with Gasteiger partial charge in [0.2, 0.25) is 0 Å². The zero-order valence-electron chi connectivity index (χ0n) is 9.84. The molecule has 0 bridgehead atoms. The van der Waals surface area contributed by atoms with Gasteiger partial charge in [-0.05, 0) is 28.8 Å². The van der Waals surface area contributed by atoms with Crippen molar-refractivity contribution in [2.45, 2.75) is 32.2 Å². The monoisotopic (exact) mass is 318 g/mol. The van der Waals surface area contributed by atoms with Gasteiger partial charge >= 0.3 is 0 Å². The van der Waals surface area contributed by atoms with Crippen LogP contribution in [0.3, 0.4) is 0 Å². The first-order chi connectivity index (χ1) is 8.56. The average molecular weight is 319 g/mol. The van der Waals surface area contributed by atoms with Crippen molar-refractivity contribution in [1.29, 1.82) is 0 Å². The molecule has 1 N–H and O–H groups in total. The number of hydrogen-bond donors (Lipinski definition) is 1. The van der Waals surface area contributed by atoms with Gasteiger partial charge in [-0.2, -0.15) is 0 Å². The van der Waals surface area contributed by atoms with Crippen molar-refractivity contribution in [2.75, 3.05) is 6.61 Å². The Labute approximate surface area is 113 Å². The Hall–Kier alpha value is -1.21. The fourth-order valence-electron chi connectivity index (χ4n) is 1.60. The van der Waals surface area contributed by atoms with Gasteiger partial charge in [-0.1, -0.05) is 12.8 Å². The molecule has 0 saturated heterocycles. The van der Waals surface area contributed by atoms with Gasteiger partial charge in [-0.15, -0.1) is 0 Å². The lowest BCUT2D eigenvalue weighted by Gasteiger charge is -2.06. The van der Waals surface area contributed by atoms with Gasteiger partial charge in [0.15, 0.2) is 0 Å². The largest absolute Gasteiger partial charge is 0.396 e. The predicted octanol–water partition coefficient (Wildman–Crippen LogP) is 2.07. The summed E-state index contributed by atoms with van der Waals surface area (Å²) in [5.41, 5.74) is -0.361. The van der Waals surface area contributed by atoms with Crippen LogP contribution < -0.4 is 5.56 Å². The summed E-state index contributed by atoms with van der Waals surface area (Å²) >= 11 is 3.03. The first-order valence-electron chi connectivity index (χ1n) is 5.71. The number of halogens is 1. The Balaban J connectivity index is 2.69. The first kappa shape index (κ1) is 14.8. The van der Waals surface area contributed by atoms with Gasteiger partial charge < -0.3 is 9.67 Å². The van der Waals surface area contributed by atoms with Crippen LogP contribution in [0.15, 0.2) is 21.5 Å². The Morgan fingerprint density at radius 2 is 2.00 bits per heavy atom. The molecule has 0 aliphatic heterocycles. The third kappa shape index (κ3) is 4.23. The minimum Gasteiger partial charge on any atom is -0.396 e. The number of hydrogen-bond acceptors (Lipinski definition) is 4. The van der Waals surface area contributed by atoms with Crippen LogP contribution in [-0.2, 0) is 6.54 Å². The third-order valence-electron chi connectivity index (χ3n) is 2.55. The molecule has 0 unspecified atom stereocenters. The van der Waals surface area contributed by atoms with Crippen molar-refractivity contribution in [3.8, 4) is 0 Å². The standard InChI is InChI=1S/C11H15BrN2O4/c12-10-7-9(14(17)18)8-13(11(10)16)5-3-1-2-4-6-15/h7-8,15H,1-6H2. The summed E-state index contributed by atoms with van der Waals surface area (Å²) in [6.45, 7) is 0.618. The molecule has 1 rings (SSSR count). The number of rotatable bonds is 7. The molecule has 18 heavy (non-hydrogen) atoms. The Morgan fingerprint density at radius 1 is 1.33 bits per heavy atom. The highest BCUT2D eigenvalue weighted by atomic mass is 79.9. The van der Waals surface area contributed by atoms with E-state index in [0.717, 1.165) is 25.7 Å². The molecule has 0 spiro atoms. The van der Waals surface area contributed by atoms with Crippen LogP contribution in [-0.4, -0.2) is 21.2 Å². The molecule has 0 saturated carbocycles. The summed E-state index contributed by atoms with van der Waals surface area (Å²) in [6.07, 6.45) is 4.54. The summed E-state index contributed by atoms with van der Waals surface area (Å²) in [6, 6.07) is 1.21. The van der Waals surface area contributed by atoms with Crippen molar-refractivity contribution in [2.24, 2.45) is 0 Å². The molecule has 0 atom stereocenters. The van der Waals surface area contributed by atoms with E-state index in [1.807, 2.05) is 0 Å². The molecule has 0 aromatic carbocycles. The van der Waals surface area contributed by atoms with E-state index >= 15 is 0 Å². The maximum Gasteiger partial charge on any atom is 0.286 e. The van der Waals surface area contributed by atoms with Crippen LogP contribution in [0.1, 0.15) is 25.7 Å². The van der Waals surface area contributed by atoms with Gasteiger partial charge in [0.05, 0.1) is 15.6 Å². The maximum atomic E-state index is 11.7. The second-order valence-corrected chi connectivity index (χ2v) is 4.79. The number of aliphatic hydroxyl groups excluding tert-OH is 1.